The molecule has 0 radical (unpaired) electrons. The van der Waals surface area contributed by atoms with Crippen LogP contribution >= 0.6 is 11.6 Å². The minimum absolute atomic E-state index is 0.000136. The van der Waals surface area contributed by atoms with E-state index in [-0.39, 0.29) is 28.3 Å². The normalized spacial score (nSPS) is 47.5. The quantitative estimate of drug-likeness (QED) is 0.454. The Balaban J connectivity index is 1.50. The van der Waals surface area contributed by atoms with Crippen molar-refractivity contribution in [3.63, 3.8) is 0 Å². The summed E-state index contributed by atoms with van der Waals surface area (Å²) >= 11 is 6.88. The zero-order valence-corrected chi connectivity index (χ0v) is 20.3. The number of unbranched alkanes of at least 4 members (excludes halogenated alkanes) is 2. The highest BCUT2D eigenvalue weighted by Gasteiger charge is 2.69. The van der Waals surface area contributed by atoms with Gasteiger partial charge in [-0.3, -0.25) is 9.59 Å². The summed E-state index contributed by atoms with van der Waals surface area (Å²) in [6.07, 6.45) is 12.4. The number of Topliss-reactive ketones (excluding diaryl/α,β-unsaturated/α-hetero) is 1. The third kappa shape index (κ3) is 2.81. The molecule has 0 amide bonds. The van der Waals surface area contributed by atoms with Crippen LogP contribution in [0.3, 0.4) is 0 Å². The van der Waals surface area contributed by atoms with Gasteiger partial charge in [-0.2, -0.15) is 0 Å². The van der Waals surface area contributed by atoms with Gasteiger partial charge < -0.3 is 4.74 Å². The minimum Gasteiger partial charge on any atom is -0.367 e. The minimum atomic E-state index is -0.654. The summed E-state index contributed by atoms with van der Waals surface area (Å²) in [4.78, 5) is 25.6. The Morgan fingerprint density at radius 3 is 2.61 bits per heavy atom. The molecule has 0 aromatic rings. The van der Waals surface area contributed by atoms with Gasteiger partial charge in [-0.25, -0.2) is 0 Å². The van der Waals surface area contributed by atoms with E-state index in [1.807, 2.05) is 6.08 Å². The lowest BCUT2D eigenvalue weighted by atomic mass is 9.47. The molecule has 170 valence electrons. The van der Waals surface area contributed by atoms with Crippen LogP contribution < -0.4 is 0 Å². The maximum Gasteiger partial charge on any atom is 0.162 e. The molecule has 3 fully saturated rings. The van der Waals surface area contributed by atoms with Crippen LogP contribution in [-0.4, -0.2) is 23.8 Å². The van der Waals surface area contributed by atoms with Gasteiger partial charge in [0.25, 0.3) is 0 Å². The van der Waals surface area contributed by atoms with E-state index in [9.17, 15) is 9.59 Å². The number of fused-ring (bicyclic) bond motifs is 7. The maximum atomic E-state index is 13.1. The van der Waals surface area contributed by atoms with Gasteiger partial charge in [-0.05, 0) is 80.8 Å². The first kappa shape index (κ1) is 21.9. The van der Waals surface area contributed by atoms with Crippen LogP contribution in [0.25, 0.3) is 0 Å². The van der Waals surface area contributed by atoms with E-state index in [0.29, 0.717) is 30.3 Å². The molecule has 0 heterocycles. The van der Waals surface area contributed by atoms with Crippen molar-refractivity contribution in [1.82, 2.24) is 0 Å². The summed E-state index contributed by atoms with van der Waals surface area (Å²) in [6, 6.07) is 0. The van der Waals surface area contributed by atoms with Crippen molar-refractivity contribution in [3.05, 3.63) is 22.8 Å². The molecular formula is C27H37ClO3. The average Bonchev–Trinajstić information content (AvgIpc) is 3.48. The second kappa shape index (κ2) is 7.29. The van der Waals surface area contributed by atoms with E-state index in [0.717, 1.165) is 62.0 Å². The standard InChI is InChI=1S/C27H37ClO3/c1-5-6-7-12-31-27(16(2)29)11-9-19-17-14-23(28)22-15-24(30)18-13-21(18)26(22,4)20(17)8-10-25(19,27)3/h14-15,17-21H,5-13H2,1-4H3/t17-,18+,19-,20-,21-,25-,26-,27-/m0/s1. The van der Waals surface area contributed by atoms with Crippen molar-refractivity contribution in [3.8, 4) is 0 Å². The number of rotatable bonds is 6. The molecule has 5 aliphatic rings. The summed E-state index contributed by atoms with van der Waals surface area (Å²) in [5.41, 5.74) is 0.290. The number of carbonyl (C=O) groups excluding carboxylic acids is 2. The van der Waals surface area contributed by atoms with Crippen LogP contribution in [0.1, 0.15) is 79.1 Å². The van der Waals surface area contributed by atoms with Crippen LogP contribution in [-0.2, 0) is 14.3 Å². The first-order valence-electron chi connectivity index (χ1n) is 12.5. The fourth-order valence-corrected chi connectivity index (χ4v) is 8.88. The van der Waals surface area contributed by atoms with E-state index in [2.05, 4.69) is 26.8 Å². The highest BCUT2D eigenvalue weighted by molar-refractivity contribution is 6.32. The van der Waals surface area contributed by atoms with E-state index < -0.39 is 5.60 Å². The second-order valence-corrected chi connectivity index (χ2v) is 11.8. The monoisotopic (exact) mass is 444 g/mol. The Morgan fingerprint density at radius 1 is 1.16 bits per heavy atom. The Bertz CT molecular complexity index is 874. The first-order chi connectivity index (χ1) is 14.7. The molecular weight excluding hydrogens is 408 g/mol. The highest BCUT2D eigenvalue weighted by atomic mass is 35.5. The molecule has 0 bridgehead atoms. The summed E-state index contributed by atoms with van der Waals surface area (Å²) in [6.45, 7) is 9.31. The van der Waals surface area contributed by atoms with Crippen molar-refractivity contribution >= 4 is 23.2 Å². The average molecular weight is 445 g/mol. The van der Waals surface area contributed by atoms with Crippen molar-refractivity contribution in [1.29, 1.82) is 0 Å². The zero-order valence-electron chi connectivity index (χ0n) is 19.5. The predicted molar refractivity (Wildman–Crippen MR) is 123 cm³/mol. The van der Waals surface area contributed by atoms with Gasteiger partial charge in [0.2, 0.25) is 0 Å². The van der Waals surface area contributed by atoms with Crippen LogP contribution in [0.2, 0.25) is 0 Å². The number of ether oxygens (including phenoxy) is 1. The van der Waals surface area contributed by atoms with E-state index in [1.165, 1.54) is 0 Å². The number of carbonyl (C=O) groups is 2. The summed E-state index contributed by atoms with van der Waals surface area (Å²) in [5.74, 6) is 2.42. The molecule has 0 aromatic carbocycles. The molecule has 31 heavy (non-hydrogen) atoms. The van der Waals surface area contributed by atoms with Crippen LogP contribution in [0.5, 0.6) is 0 Å². The molecule has 0 aromatic heterocycles. The highest BCUT2D eigenvalue weighted by Crippen LogP contribution is 2.72. The summed E-state index contributed by atoms with van der Waals surface area (Å²) in [5, 5.41) is 0.788. The van der Waals surface area contributed by atoms with E-state index in [4.69, 9.17) is 16.3 Å². The fraction of sp³-hybridized carbons (Fsp3) is 0.778. The molecule has 8 atom stereocenters. The van der Waals surface area contributed by atoms with Crippen molar-refractivity contribution < 1.29 is 14.3 Å². The third-order valence-corrected chi connectivity index (χ3v) is 10.6. The number of allylic oxidation sites excluding steroid dienone is 4. The molecule has 3 nitrogen and oxygen atoms in total. The maximum absolute atomic E-state index is 13.1. The van der Waals surface area contributed by atoms with Crippen LogP contribution in [0.4, 0.5) is 0 Å². The van der Waals surface area contributed by atoms with E-state index >= 15 is 0 Å². The first-order valence-corrected chi connectivity index (χ1v) is 12.9. The molecule has 0 spiro atoms. The Labute approximate surface area is 192 Å². The van der Waals surface area contributed by atoms with Crippen LogP contribution in [0.15, 0.2) is 22.8 Å². The molecule has 0 N–H and O–H groups in total. The number of ketones is 2. The fourth-order valence-electron chi connectivity index (χ4n) is 8.48. The van der Waals surface area contributed by atoms with Crippen molar-refractivity contribution in [2.45, 2.75) is 84.7 Å². The number of halogens is 1. The smallest absolute Gasteiger partial charge is 0.162 e. The molecule has 5 rings (SSSR count). The molecule has 0 aliphatic heterocycles. The van der Waals surface area contributed by atoms with Crippen LogP contribution in [0, 0.1) is 40.4 Å². The lowest BCUT2D eigenvalue weighted by Crippen LogP contribution is -2.58. The lowest BCUT2D eigenvalue weighted by molar-refractivity contribution is -0.172. The molecule has 3 saturated carbocycles. The third-order valence-electron chi connectivity index (χ3n) is 10.3. The summed E-state index contributed by atoms with van der Waals surface area (Å²) < 4.78 is 6.55. The predicted octanol–water partition coefficient (Wildman–Crippen LogP) is 6.25. The number of hydrogen-bond donors (Lipinski definition) is 0. The Morgan fingerprint density at radius 2 is 1.90 bits per heavy atom. The largest absolute Gasteiger partial charge is 0.367 e. The molecule has 4 heteroatoms. The SMILES string of the molecule is CCCCCO[C@]1(C(C)=O)CC[C@H]2[C@@H]3C=C(Cl)C4=CC(=O)[C@@H]5C[C@@H]5[C@]4(C)[C@H]3CC[C@@]21C. The van der Waals surface area contributed by atoms with Gasteiger partial charge in [0.1, 0.15) is 5.60 Å². The topological polar surface area (TPSA) is 43.4 Å². The Kier molecular flexibility index (Phi) is 5.15. The molecule has 0 saturated heterocycles. The van der Waals surface area contributed by atoms with Gasteiger partial charge in [0.15, 0.2) is 11.6 Å². The van der Waals surface area contributed by atoms with Gasteiger partial charge in [-0.15, -0.1) is 0 Å². The van der Waals surface area contributed by atoms with Crippen molar-refractivity contribution in [2.24, 2.45) is 40.4 Å². The van der Waals surface area contributed by atoms with Gasteiger partial charge in [0, 0.05) is 28.4 Å². The molecule has 5 aliphatic carbocycles. The van der Waals surface area contributed by atoms with Gasteiger partial charge in [0.05, 0.1) is 0 Å². The van der Waals surface area contributed by atoms with E-state index in [1.54, 1.807) is 6.92 Å². The second-order valence-electron chi connectivity index (χ2n) is 11.4. The Hall–Kier alpha value is -0.930. The molecule has 0 unspecified atom stereocenters. The number of hydrogen-bond acceptors (Lipinski definition) is 3. The van der Waals surface area contributed by atoms with Crippen molar-refractivity contribution in [2.75, 3.05) is 6.61 Å². The summed E-state index contributed by atoms with van der Waals surface area (Å²) in [7, 11) is 0. The zero-order chi connectivity index (χ0) is 22.2. The van der Waals surface area contributed by atoms with Gasteiger partial charge >= 0.3 is 0 Å². The lowest BCUT2D eigenvalue weighted by Gasteiger charge is -2.58. The van der Waals surface area contributed by atoms with Gasteiger partial charge in [-0.1, -0.05) is 51.3 Å².